The van der Waals surface area contributed by atoms with Crippen LogP contribution >= 0.6 is 11.6 Å². The molecule has 2 aromatic heterocycles. The zero-order valence-electron chi connectivity index (χ0n) is 12.2. The third kappa shape index (κ3) is 3.49. The Kier molecular flexibility index (Phi) is 4.05. The van der Waals surface area contributed by atoms with Crippen LogP contribution in [0.1, 0.15) is 18.4 Å². The molecule has 0 unspecified atom stereocenters. The van der Waals surface area contributed by atoms with E-state index >= 15 is 0 Å². The lowest BCUT2D eigenvalue weighted by molar-refractivity contribution is -0.137. The third-order valence-electron chi connectivity index (χ3n) is 3.48. The SMILES string of the molecule is CNc1nc(Nc2cnn(CC3CC3)c2Cl)ncc1C(F)(F)F. The summed E-state index contributed by atoms with van der Waals surface area (Å²) in [5.41, 5.74) is -0.477. The molecule has 0 amide bonds. The molecule has 0 aromatic carbocycles. The highest BCUT2D eigenvalue weighted by Gasteiger charge is 2.35. The molecule has 2 N–H and O–H groups in total. The van der Waals surface area contributed by atoms with Gasteiger partial charge < -0.3 is 10.6 Å². The second-order valence-corrected chi connectivity index (χ2v) is 5.66. The standard InChI is InChI=1S/C13H14ClF3N6/c1-18-11-8(13(15,16)17)4-19-12(22-11)21-9-5-20-23(10(9)14)6-7-2-3-7/h4-5,7H,2-3,6H2,1H3,(H2,18,19,21,22). The summed E-state index contributed by atoms with van der Waals surface area (Å²) in [6.07, 6.45) is 0.0249. The van der Waals surface area contributed by atoms with Crippen molar-refractivity contribution in [2.24, 2.45) is 5.92 Å². The number of nitrogens with one attached hydrogen (secondary N) is 2. The molecular formula is C13H14ClF3N6. The van der Waals surface area contributed by atoms with Crippen molar-refractivity contribution in [3.63, 3.8) is 0 Å². The predicted octanol–water partition coefficient (Wildman–Crippen LogP) is 3.54. The van der Waals surface area contributed by atoms with Gasteiger partial charge in [0.05, 0.1) is 11.9 Å². The number of aromatic nitrogens is 4. The van der Waals surface area contributed by atoms with E-state index in [0.29, 0.717) is 16.8 Å². The van der Waals surface area contributed by atoms with Gasteiger partial charge in [0.25, 0.3) is 0 Å². The molecule has 10 heteroatoms. The van der Waals surface area contributed by atoms with Crippen LogP contribution in [-0.4, -0.2) is 26.8 Å². The first-order valence-electron chi connectivity index (χ1n) is 6.99. The Bertz CT molecular complexity index is 710. The second kappa shape index (κ2) is 5.88. The van der Waals surface area contributed by atoms with E-state index in [2.05, 4.69) is 25.7 Å². The van der Waals surface area contributed by atoms with Crippen molar-refractivity contribution in [3.05, 3.63) is 23.1 Å². The van der Waals surface area contributed by atoms with E-state index < -0.39 is 11.7 Å². The zero-order valence-corrected chi connectivity index (χ0v) is 12.9. The smallest absolute Gasteiger partial charge is 0.372 e. The first-order chi connectivity index (χ1) is 10.9. The quantitative estimate of drug-likeness (QED) is 0.866. The van der Waals surface area contributed by atoms with Gasteiger partial charge in [0, 0.05) is 19.8 Å². The molecule has 0 radical (unpaired) electrons. The fraction of sp³-hybridized carbons (Fsp3) is 0.462. The molecule has 0 atom stereocenters. The molecule has 6 nitrogen and oxygen atoms in total. The average molecular weight is 347 g/mol. The first kappa shape index (κ1) is 15.9. The summed E-state index contributed by atoms with van der Waals surface area (Å²) in [6.45, 7) is 0.732. The van der Waals surface area contributed by atoms with Crippen LogP contribution in [0.5, 0.6) is 0 Å². The number of nitrogens with zero attached hydrogens (tertiary/aromatic N) is 4. The number of halogens is 4. The topological polar surface area (TPSA) is 67.7 Å². The zero-order chi connectivity index (χ0) is 16.6. The van der Waals surface area contributed by atoms with Crippen molar-refractivity contribution < 1.29 is 13.2 Å². The molecule has 3 rings (SSSR count). The maximum absolute atomic E-state index is 12.8. The van der Waals surface area contributed by atoms with E-state index in [-0.39, 0.29) is 11.8 Å². The van der Waals surface area contributed by atoms with Crippen molar-refractivity contribution in [3.8, 4) is 0 Å². The van der Waals surface area contributed by atoms with Gasteiger partial charge in [0.1, 0.15) is 11.4 Å². The Morgan fingerprint density at radius 3 is 2.70 bits per heavy atom. The summed E-state index contributed by atoms with van der Waals surface area (Å²) in [4.78, 5) is 7.52. The summed E-state index contributed by atoms with van der Waals surface area (Å²) in [5, 5.41) is 9.76. The van der Waals surface area contributed by atoms with Crippen molar-refractivity contribution in [2.45, 2.75) is 25.6 Å². The number of hydrogen-bond acceptors (Lipinski definition) is 5. The molecule has 124 valence electrons. The fourth-order valence-corrected chi connectivity index (χ4v) is 2.30. The molecule has 1 aliphatic rings. The molecule has 0 aliphatic heterocycles. The molecule has 2 aromatic rings. The molecule has 1 fully saturated rings. The average Bonchev–Trinajstić information content (AvgIpc) is 3.25. The van der Waals surface area contributed by atoms with E-state index in [1.807, 2.05) is 0 Å². The van der Waals surface area contributed by atoms with Crippen LogP contribution in [0.4, 0.5) is 30.6 Å². The monoisotopic (exact) mass is 346 g/mol. The Morgan fingerprint density at radius 2 is 2.09 bits per heavy atom. The van der Waals surface area contributed by atoms with Crippen molar-refractivity contribution in [1.82, 2.24) is 19.7 Å². The third-order valence-corrected chi connectivity index (χ3v) is 3.88. The van der Waals surface area contributed by atoms with Gasteiger partial charge in [-0.2, -0.15) is 23.3 Å². The normalized spacial score (nSPS) is 14.8. The number of anilines is 3. The lowest BCUT2D eigenvalue weighted by Crippen LogP contribution is -2.12. The van der Waals surface area contributed by atoms with Gasteiger partial charge in [-0.15, -0.1) is 0 Å². The minimum atomic E-state index is -4.52. The molecule has 0 saturated heterocycles. The van der Waals surface area contributed by atoms with Crippen LogP contribution in [-0.2, 0) is 12.7 Å². The van der Waals surface area contributed by atoms with Crippen LogP contribution in [0.3, 0.4) is 0 Å². The summed E-state index contributed by atoms with van der Waals surface area (Å²) >= 11 is 6.21. The lowest BCUT2D eigenvalue weighted by Gasteiger charge is -2.12. The first-order valence-corrected chi connectivity index (χ1v) is 7.36. The van der Waals surface area contributed by atoms with Gasteiger partial charge in [-0.25, -0.2) is 4.98 Å². The molecule has 0 spiro atoms. The summed E-state index contributed by atoms with van der Waals surface area (Å²) in [7, 11) is 1.36. The molecule has 1 saturated carbocycles. The molecule has 0 bridgehead atoms. The molecule has 23 heavy (non-hydrogen) atoms. The summed E-state index contributed by atoms with van der Waals surface area (Å²) in [5.74, 6) is 0.296. The van der Waals surface area contributed by atoms with Crippen LogP contribution in [0.2, 0.25) is 5.15 Å². The Labute approximate surface area is 135 Å². The lowest BCUT2D eigenvalue weighted by atomic mass is 10.3. The van der Waals surface area contributed by atoms with Gasteiger partial charge >= 0.3 is 6.18 Å². The summed E-state index contributed by atoms with van der Waals surface area (Å²) in [6, 6.07) is 0. The Morgan fingerprint density at radius 1 is 1.35 bits per heavy atom. The number of alkyl halides is 3. The van der Waals surface area contributed by atoms with Gasteiger partial charge in [-0.1, -0.05) is 11.6 Å². The molecule has 2 heterocycles. The molecule has 1 aliphatic carbocycles. The van der Waals surface area contributed by atoms with Gasteiger partial charge in [0.15, 0.2) is 5.15 Å². The van der Waals surface area contributed by atoms with Crippen molar-refractivity contribution in [2.75, 3.05) is 17.7 Å². The summed E-state index contributed by atoms with van der Waals surface area (Å²) < 4.78 is 40.1. The highest BCUT2D eigenvalue weighted by Crippen LogP contribution is 2.35. The Hall–Kier alpha value is -2.03. The minimum Gasteiger partial charge on any atom is -0.372 e. The van der Waals surface area contributed by atoms with Crippen LogP contribution in [0.25, 0.3) is 0 Å². The van der Waals surface area contributed by atoms with Crippen LogP contribution in [0.15, 0.2) is 12.4 Å². The van der Waals surface area contributed by atoms with Crippen LogP contribution in [0, 0.1) is 5.92 Å². The van der Waals surface area contributed by atoms with E-state index in [1.165, 1.54) is 13.2 Å². The maximum Gasteiger partial charge on any atom is 0.421 e. The van der Waals surface area contributed by atoms with Gasteiger partial charge in [-0.3, -0.25) is 4.68 Å². The largest absolute Gasteiger partial charge is 0.421 e. The van der Waals surface area contributed by atoms with Crippen LogP contribution < -0.4 is 10.6 Å². The maximum atomic E-state index is 12.8. The minimum absolute atomic E-state index is 0.00946. The van der Waals surface area contributed by atoms with E-state index in [4.69, 9.17) is 11.6 Å². The van der Waals surface area contributed by atoms with Gasteiger partial charge in [-0.05, 0) is 18.8 Å². The van der Waals surface area contributed by atoms with Gasteiger partial charge in [0.2, 0.25) is 5.95 Å². The highest BCUT2D eigenvalue weighted by atomic mass is 35.5. The van der Waals surface area contributed by atoms with E-state index in [9.17, 15) is 13.2 Å². The predicted molar refractivity (Wildman–Crippen MR) is 79.8 cm³/mol. The Balaban J connectivity index is 1.81. The highest BCUT2D eigenvalue weighted by molar-refractivity contribution is 6.32. The second-order valence-electron chi connectivity index (χ2n) is 5.30. The van der Waals surface area contributed by atoms with E-state index in [0.717, 1.165) is 25.6 Å². The van der Waals surface area contributed by atoms with Crippen molar-refractivity contribution in [1.29, 1.82) is 0 Å². The molecular weight excluding hydrogens is 333 g/mol. The number of hydrogen-bond donors (Lipinski definition) is 2. The fourth-order valence-electron chi connectivity index (χ4n) is 2.09. The van der Waals surface area contributed by atoms with E-state index in [1.54, 1.807) is 4.68 Å². The van der Waals surface area contributed by atoms with Crippen molar-refractivity contribution >= 4 is 29.1 Å². The number of rotatable bonds is 5.